The van der Waals surface area contributed by atoms with Crippen LogP contribution in [-0.2, 0) is 19.1 Å². The van der Waals surface area contributed by atoms with Crippen molar-refractivity contribution in [2.24, 2.45) is 5.92 Å². The van der Waals surface area contributed by atoms with Gasteiger partial charge in [-0.2, -0.15) is 0 Å². The fourth-order valence-corrected chi connectivity index (χ4v) is 4.68. The Balaban J connectivity index is 1.43. The summed E-state index contributed by atoms with van der Waals surface area (Å²) in [5.74, 6) is -3.56. The Morgan fingerprint density at radius 2 is 1.77 bits per heavy atom. The van der Waals surface area contributed by atoms with E-state index in [-0.39, 0.29) is 40.1 Å². The second-order valence-corrected chi connectivity index (χ2v) is 8.91. The number of hydrogen-bond acceptors (Lipinski definition) is 7. The van der Waals surface area contributed by atoms with E-state index in [1.54, 1.807) is 6.92 Å². The van der Waals surface area contributed by atoms with Crippen molar-refractivity contribution in [3.05, 3.63) is 86.6 Å². The van der Waals surface area contributed by atoms with Gasteiger partial charge in [0, 0.05) is 35.5 Å². The smallest absolute Gasteiger partial charge is 0.364 e. The molecular weight excluding hydrogens is 476 g/mol. The number of β-lactam (4-membered cyclic amide) rings is 1. The molecule has 0 saturated carbocycles. The SMILES string of the molecule is C[C@@H](C(=O)C[C@@H]1C(=O)N2C(C(=O)OC(=O)c3ccc([N+](=O)[O-])cc3)=C(Cl)CC[C@H]12)c1ccccc1. The van der Waals surface area contributed by atoms with E-state index >= 15 is 0 Å². The third kappa shape index (κ3) is 4.72. The van der Waals surface area contributed by atoms with E-state index in [0.717, 1.165) is 29.8 Å². The number of benzene rings is 2. The molecule has 2 aromatic carbocycles. The molecule has 0 spiro atoms. The van der Waals surface area contributed by atoms with Crippen molar-refractivity contribution in [3.8, 4) is 0 Å². The monoisotopic (exact) mass is 496 g/mol. The number of esters is 2. The molecule has 0 radical (unpaired) electrons. The molecule has 4 rings (SSSR count). The maximum atomic E-state index is 12.9. The Morgan fingerprint density at radius 3 is 2.40 bits per heavy atom. The lowest BCUT2D eigenvalue weighted by Crippen LogP contribution is -2.63. The van der Waals surface area contributed by atoms with Crippen molar-refractivity contribution < 1.29 is 28.8 Å². The van der Waals surface area contributed by atoms with E-state index in [1.807, 2.05) is 30.3 Å². The predicted molar refractivity (Wildman–Crippen MR) is 124 cm³/mol. The summed E-state index contributed by atoms with van der Waals surface area (Å²) in [4.78, 5) is 62.3. The lowest BCUT2D eigenvalue weighted by molar-refractivity contribution is -0.384. The number of hydrogen-bond donors (Lipinski definition) is 0. The number of Topliss-reactive ketones (excluding diaryl/α,β-unsaturated/α-hetero) is 1. The highest BCUT2D eigenvalue weighted by Gasteiger charge is 2.53. The van der Waals surface area contributed by atoms with Gasteiger partial charge < -0.3 is 9.64 Å². The van der Waals surface area contributed by atoms with Crippen LogP contribution in [0.25, 0.3) is 0 Å². The Bertz CT molecular complexity index is 1240. The maximum Gasteiger partial charge on any atom is 0.364 e. The summed E-state index contributed by atoms with van der Waals surface area (Å²) in [6.45, 7) is 1.79. The third-order valence-electron chi connectivity index (χ3n) is 6.40. The molecule has 0 unspecified atom stereocenters. The molecule has 9 nitrogen and oxygen atoms in total. The summed E-state index contributed by atoms with van der Waals surface area (Å²) in [7, 11) is 0. The van der Waals surface area contributed by atoms with Crippen LogP contribution >= 0.6 is 11.6 Å². The van der Waals surface area contributed by atoms with Crippen LogP contribution in [0, 0.1) is 16.0 Å². The molecule has 1 amide bonds. The van der Waals surface area contributed by atoms with E-state index in [2.05, 4.69) is 0 Å². The van der Waals surface area contributed by atoms with Crippen LogP contribution in [0.2, 0.25) is 0 Å². The number of halogens is 1. The average Bonchev–Trinajstić information content (AvgIpc) is 2.86. The van der Waals surface area contributed by atoms with Gasteiger partial charge >= 0.3 is 11.9 Å². The third-order valence-corrected chi connectivity index (χ3v) is 6.77. The van der Waals surface area contributed by atoms with Crippen molar-refractivity contribution in [1.82, 2.24) is 4.90 Å². The van der Waals surface area contributed by atoms with Gasteiger partial charge in [0.25, 0.3) is 5.69 Å². The van der Waals surface area contributed by atoms with Crippen molar-refractivity contribution in [3.63, 3.8) is 0 Å². The molecule has 1 saturated heterocycles. The van der Waals surface area contributed by atoms with Crippen LogP contribution in [0.5, 0.6) is 0 Å². The van der Waals surface area contributed by atoms with Crippen molar-refractivity contribution in [2.75, 3.05) is 0 Å². The Morgan fingerprint density at radius 1 is 1.11 bits per heavy atom. The zero-order valence-corrected chi connectivity index (χ0v) is 19.4. The molecule has 0 bridgehead atoms. The number of rotatable bonds is 7. The number of ether oxygens (including phenoxy) is 1. The number of allylic oxidation sites excluding steroid dienone is 1. The average molecular weight is 497 g/mol. The fraction of sp³-hybridized carbons (Fsp3) is 0.280. The minimum Gasteiger partial charge on any atom is -0.385 e. The molecule has 2 heterocycles. The van der Waals surface area contributed by atoms with Gasteiger partial charge in [0.1, 0.15) is 11.5 Å². The highest BCUT2D eigenvalue weighted by molar-refractivity contribution is 6.32. The second-order valence-electron chi connectivity index (χ2n) is 8.46. The number of nitro groups is 1. The van der Waals surface area contributed by atoms with E-state index in [4.69, 9.17) is 16.3 Å². The topological polar surface area (TPSA) is 124 Å². The highest BCUT2D eigenvalue weighted by Crippen LogP contribution is 2.43. The van der Waals surface area contributed by atoms with Gasteiger partial charge in [0.05, 0.1) is 16.4 Å². The first-order valence-corrected chi connectivity index (χ1v) is 11.4. The molecule has 0 aliphatic carbocycles. The zero-order chi connectivity index (χ0) is 25.3. The first-order valence-electron chi connectivity index (χ1n) is 11.0. The van der Waals surface area contributed by atoms with Crippen LogP contribution in [-0.4, -0.2) is 39.5 Å². The minimum atomic E-state index is -1.08. The van der Waals surface area contributed by atoms with Crippen LogP contribution < -0.4 is 0 Å². The van der Waals surface area contributed by atoms with Gasteiger partial charge in [0.15, 0.2) is 0 Å². The number of fused-ring (bicyclic) bond motifs is 1. The highest BCUT2D eigenvalue weighted by atomic mass is 35.5. The predicted octanol–water partition coefficient (Wildman–Crippen LogP) is 4.11. The van der Waals surface area contributed by atoms with Gasteiger partial charge in [0.2, 0.25) is 5.91 Å². The van der Waals surface area contributed by atoms with Crippen LogP contribution in [0.15, 0.2) is 65.3 Å². The summed E-state index contributed by atoms with van der Waals surface area (Å²) in [6, 6.07) is 13.4. The number of ketones is 1. The minimum absolute atomic E-state index is 0.0394. The van der Waals surface area contributed by atoms with E-state index in [1.165, 1.54) is 4.90 Å². The van der Waals surface area contributed by atoms with Gasteiger partial charge in [-0.15, -0.1) is 0 Å². The van der Waals surface area contributed by atoms with E-state index < -0.39 is 34.7 Å². The van der Waals surface area contributed by atoms with Crippen molar-refractivity contribution >= 4 is 40.9 Å². The normalized spacial score (nSPS) is 19.9. The Labute approximate surface area is 205 Å². The van der Waals surface area contributed by atoms with Crippen LogP contribution in [0.3, 0.4) is 0 Å². The Kier molecular flexibility index (Phi) is 6.79. The molecule has 0 aromatic heterocycles. The first-order chi connectivity index (χ1) is 16.7. The molecule has 35 heavy (non-hydrogen) atoms. The van der Waals surface area contributed by atoms with Crippen LogP contribution in [0.4, 0.5) is 5.69 Å². The molecule has 0 N–H and O–H groups in total. The van der Waals surface area contributed by atoms with Crippen molar-refractivity contribution in [2.45, 2.75) is 38.1 Å². The molecule has 1 fully saturated rings. The number of carbonyl (C=O) groups excluding carboxylic acids is 4. The largest absolute Gasteiger partial charge is 0.385 e. The summed E-state index contributed by atoms with van der Waals surface area (Å²) in [5, 5.41) is 10.9. The standard InChI is InChI=1S/C25H21ClN2O7/c1-14(15-5-3-2-4-6-15)21(29)13-18-20-12-11-19(26)22(27(20)23(18)30)25(32)35-24(31)16-7-9-17(10-8-16)28(33)34/h2-10,14,18,20H,11-13H2,1H3/t14-,18+,20-/m1/s1. The zero-order valence-electron chi connectivity index (χ0n) is 18.7. The summed E-state index contributed by atoms with van der Waals surface area (Å²) >= 11 is 6.24. The first kappa shape index (κ1) is 24.3. The summed E-state index contributed by atoms with van der Waals surface area (Å²) in [5.41, 5.74) is 0.369. The fourth-order valence-electron chi connectivity index (χ4n) is 4.40. The van der Waals surface area contributed by atoms with Gasteiger partial charge in [-0.25, -0.2) is 9.59 Å². The van der Waals surface area contributed by atoms with E-state index in [0.29, 0.717) is 12.8 Å². The van der Waals surface area contributed by atoms with Gasteiger partial charge in [-0.05, 0) is 30.5 Å². The lowest BCUT2D eigenvalue weighted by atomic mass is 9.76. The quantitative estimate of drug-likeness (QED) is 0.186. The van der Waals surface area contributed by atoms with Gasteiger partial charge in [-0.3, -0.25) is 19.7 Å². The number of nitro benzene ring substituents is 1. The number of nitrogens with zero attached hydrogens (tertiary/aromatic N) is 2. The van der Waals surface area contributed by atoms with Crippen LogP contribution in [0.1, 0.15) is 48.0 Å². The molecule has 2 aliphatic heterocycles. The molecule has 2 aliphatic rings. The van der Waals surface area contributed by atoms with E-state index in [9.17, 15) is 29.3 Å². The molecule has 3 atom stereocenters. The number of carbonyl (C=O) groups is 4. The molecule has 10 heteroatoms. The Hall–Kier alpha value is -3.85. The lowest BCUT2D eigenvalue weighted by Gasteiger charge is -2.50. The summed E-state index contributed by atoms with van der Waals surface area (Å²) < 4.78 is 4.91. The number of non-ortho nitro benzene ring substituents is 1. The summed E-state index contributed by atoms with van der Waals surface area (Å²) in [6.07, 6.45) is 0.818. The van der Waals surface area contributed by atoms with Crippen molar-refractivity contribution in [1.29, 1.82) is 0 Å². The second kappa shape index (κ2) is 9.79. The molecule has 180 valence electrons. The maximum absolute atomic E-state index is 12.9. The molecule has 2 aromatic rings. The number of amides is 1. The van der Waals surface area contributed by atoms with Gasteiger partial charge in [-0.1, -0.05) is 48.9 Å². The molecular formula is C25H21ClN2O7.